The van der Waals surface area contributed by atoms with Crippen LogP contribution in [0.3, 0.4) is 0 Å². The van der Waals surface area contributed by atoms with Gasteiger partial charge in [0.25, 0.3) is 0 Å². The Balaban J connectivity index is 1.36. The largest absolute Gasteiger partial charge is 0.352 e. The minimum Gasteiger partial charge on any atom is -0.352 e. The van der Waals surface area contributed by atoms with Crippen LogP contribution in [0.1, 0.15) is 40.2 Å². The van der Waals surface area contributed by atoms with Gasteiger partial charge >= 0.3 is 0 Å². The van der Waals surface area contributed by atoms with E-state index in [9.17, 15) is 4.79 Å². The molecule has 1 N–H and O–H groups in total. The Labute approximate surface area is 182 Å². The lowest BCUT2D eigenvalue weighted by molar-refractivity contribution is -0.122. The van der Waals surface area contributed by atoms with Crippen molar-refractivity contribution in [1.29, 1.82) is 0 Å². The van der Waals surface area contributed by atoms with Gasteiger partial charge in [-0.25, -0.2) is 0 Å². The molecule has 31 heavy (non-hydrogen) atoms. The van der Waals surface area contributed by atoms with Gasteiger partial charge in [-0.15, -0.1) is 0 Å². The number of amides is 1. The number of aromatic nitrogens is 2. The van der Waals surface area contributed by atoms with Crippen LogP contribution in [0.15, 0.2) is 73.2 Å². The Bertz CT molecular complexity index is 1240. The van der Waals surface area contributed by atoms with E-state index in [4.69, 9.17) is 0 Å². The van der Waals surface area contributed by atoms with Gasteiger partial charge in [0.05, 0.1) is 0 Å². The summed E-state index contributed by atoms with van der Waals surface area (Å²) in [6, 6.07) is 19.1. The molecule has 2 atom stereocenters. The van der Waals surface area contributed by atoms with E-state index in [1.165, 1.54) is 33.2 Å². The third kappa shape index (κ3) is 3.98. The van der Waals surface area contributed by atoms with Crippen molar-refractivity contribution < 1.29 is 4.79 Å². The number of nitrogens with one attached hydrogen (secondary N) is 1. The number of hydrogen-bond donors (Lipinski definition) is 1. The van der Waals surface area contributed by atoms with Crippen LogP contribution >= 0.6 is 0 Å². The van der Waals surface area contributed by atoms with Crippen molar-refractivity contribution in [3.05, 3.63) is 101 Å². The number of carbonyl (C=O) groups is 1. The predicted molar refractivity (Wildman–Crippen MR) is 124 cm³/mol. The number of hydrogen-bond acceptors (Lipinski definition) is 2. The molecule has 5 rings (SSSR count). The summed E-state index contributed by atoms with van der Waals surface area (Å²) in [5, 5.41) is 4.35. The number of benzene rings is 2. The zero-order valence-electron chi connectivity index (χ0n) is 18.0. The van der Waals surface area contributed by atoms with Crippen LogP contribution in [-0.4, -0.2) is 15.5 Å². The number of aryl methyl sites for hydroxylation is 2. The smallest absolute Gasteiger partial charge is 0.224 e. The van der Waals surface area contributed by atoms with Crippen molar-refractivity contribution in [2.75, 3.05) is 0 Å². The molecule has 1 aliphatic carbocycles. The first-order chi connectivity index (χ1) is 15.1. The molecule has 0 saturated heterocycles. The normalized spacial score (nSPS) is 17.6. The fourth-order valence-corrected chi connectivity index (χ4v) is 4.51. The molecule has 0 spiro atoms. The van der Waals surface area contributed by atoms with E-state index in [1.54, 1.807) is 12.4 Å². The SMILES string of the molecule is Cc1ccc(C)c(Cn2cc([C@H]3C[C@@H]3C(=O)NCc3cccnc3)c3ccccc32)c1. The zero-order chi connectivity index (χ0) is 21.4. The van der Waals surface area contributed by atoms with Crippen LogP contribution < -0.4 is 5.32 Å². The van der Waals surface area contributed by atoms with Crippen molar-refractivity contribution in [2.24, 2.45) is 5.92 Å². The molecular weight excluding hydrogens is 382 g/mol. The minimum atomic E-state index is 0.0524. The molecular formula is C27H27N3O. The zero-order valence-corrected chi connectivity index (χ0v) is 18.0. The van der Waals surface area contributed by atoms with E-state index < -0.39 is 0 Å². The van der Waals surface area contributed by atoms with Crippen LogP contribution in [-0.2, 0) is 17.9 Å². The molecule has 0 unspecified atom stereocenters. The Hall–Kier alpha value is -3.40. The van der Waals surface area contributed by atoms with E-state index in [0.29, 0.717) is 12.5 Å². The first kappa shape index (κ1) is 19.6. The van der Waals surface area contributed by atoms with Gasteiger partial charge in [-0.2, -0.15) is 0 Å². The fraction of sp³-hybridized carbons (Fsp3) is 0.259. The van der Waals surface area contributed by atoms with Gasteiger partial charge in [0.2, 0.25) is 5.91 Å². The van der Waals surface area contributed by atoms with Gasteiger partial charge < -0.3 is 9.88 Å². The molecule has 1 saturated carbocycles. The summed E-state index contributed by atoms with van der Waals surface area (Å²) < 4.78 is 2.34. The molecule has 1 amide bonds. The van der Waals surface area contributed by atoms with Crippen LogP contribution in [0.5, 0.6) is 0 Å². The second-order valence-corrected chi connectivity index (χ2v) is 8.69. The lowest BCUT2D eigenvalue weighted by atomic mass is 10.1. The van der Waals surface area contributed by atoms with Gasteiger partial charge in [0.15, 0.2) is 0 Å². The maximum absolute atomic E-state index is 12.7. The molecule has 156 valence electrons. The average Bonchev–Trinajstić information content (AvgIpc) is 3.51. The highest BCUT2D eigenvalue weighted by molar-refractivity contribution is 5.89. The van der Waals surface area contributed by atoms with Gasteiger partial charge in [0, 0.05) is 48.5 Å². The molecule has 0 aliphatic heterocycles. The summed E-state index contributed by atoms with van der Waals surface area (Å²) in [6.45, 7) is 5.69. The van der Waals surface area contributed by atoms with Gasteiger partial charge in [0.1, 0.15) is 0 Å². The van der Waals surface area contributed by atoms with Crippen molar-refractivity contribution in [3.8, 4) is 0 Å². The first-order valence-electron chi connectivity index (χ1n) is 10.9. The van der Waals surface area contributed by atoms with Gasteiger partial charge in [-0.05, 0) is 60.6 Å². The number of nitrogens with zero attached hydrogens (tertiary/aromatic N) is 2. The molecule has 1 fully saturated rings. The summed E-state index contributed by atoms with van der Waals surface area (Å²) in [5.41, 5.74) is 7.49. The molecule has 1 aliphatic rings. The fourth-order valence-electron chi connectivity index (χ4n) is 4.51. The van der Waals surface area contributed by atoms with Crippen molar-refractivity contribution >= 4 is 16.8 Å². The Morgan fingerprint density at radius 2 is 2.00 bits per heavy atom. The van der Waals surface area contributed by atoms with E-state index in [0.717, 1.165) is 18.5 Å². The molecule has 4 heteroatoms. The molecule has 2 aromatic heterocycles. The van der Waals surface area contributed by atoms with E-state index >= 15 is 0 Å². The Kier molecular flexibility index (Phi) is 5.06. The van der Waals surface area contributed by atoms with Crippen LogP contribution in [0.4, 0.5) is 0 Å². The third-order valence-corrected chi connectivity index (χ3v) is 6.38. The number of rotatable bonds is 6. The Morgan fingerprint density at radius 3 is 2.84 bits per heavy atom. The van der Waals surface area contributed by atoms with Crippen LogP contribution in [0.2, 0.25) is 0 Å². The third-order valence-electron chi connectivity index (χ3n) is 6.38. The highest BCUT2D eigenvalue weighted by Gasteiger charge is 2.45. The summed E-state index contributed by atoms with van der Waals surface area (Å²) in [6.07, 6.45) is 6.73. The molecule has 2 aromatic carbocycles. The quantitative estimate of drug-likeness (QED) is 0.480. The van der Waals surface area contributed by atoms with Crippen molar-refractivity contribution in [3.63, 3.8) is 0 Å². The topological polar surface area (TPSA) is 46.9 Å². The number of pyridine rings is 1. The molecule has 4 aromatic rings. The number of fused-ring (bicyclic) bond motifs is 1. The van der Waals surface area contributed by atoms with Gasteiger partial charge in [-0.3, -0.25) is 9.78 Å². The van der Waals surface area contributed by atoms with Crippen molar-refractivity contribution in [1.82, 2.24) is 14.9 Å². The Morgan fingerprint density at radius 1 is 1.13 bits per heavy atom. The number of para-hydroxylation sites is 1. The monoisotopic (exact) mass is 409 g/mol. The first-order valence-corrected chi connectivity index (χ1v) is 10.9. The molecule has 0 radical (unpaired) electrons. The van der Waals surface area contributed by atoms with Gasteiger partial charge in [-0.1, -0.05) is 48.0 Å². The van der Waals surface area contributed by atoms with E-state index in [-0.39, 0.29) is 11.8 Å². The average molecular weight is 410 g/mol. The minimum absolute atomic E-state index is 0.0524. The standard InChI is InChI=1S/C27H27N3O/c1-18-9-10-19(2)21(12-18)16-30-17-25(22-7-3-4-8-26(22)30)23-13-24(23)27(31)29-15-20-6-5-11-28-14-20/h3-12,14,17,23-24H,13,15-16H2,1-2H3,(H,29,31)/t23-,24-/m0/s1. The van der Waals surface area contributed by atoms with Crippen molar-refractivity contribution in [2.45, 2.75) is 39.3 Å². The highest BCUT2D eigenvalue weighted by Crippen LogP contribution is 2.50. The summed E-state index contributed by atoms with van der Waals surface area (Å²) in [5.74, 6) is 0.482. The second-order valence-electron chi connectivity index (χ2n) is 8.69. The second kappa shape index (κ2) is 8.03. The molecule has 0 bridgehead atoms. The summed E-state index contributed by atoms with van der Waals surface area (Å²) in [7, 11) is 0. The van der Waals surface area contributed by atoms with E-state index in [2.05, 4.69) is 77.4 Å². The maximum Gasteiger partial charge on any atom is 0.224 e. The van der Waals surface area contributed by atoms with Crippen LogP contribution in [0, 0.1) is 19.8 Å². The lowest BCUT2D eigenvalue weighted by Gasteiger charge is -2.09. The van der Waals surface area contributed by atoms with Crippen LogP contribution in [0.25, 0.3) is 10.9 Å². The van der Waals surface area contributed by atoms with E-state index in [1.807, 2.05) is 12.1 Å². The highest BCUT2D eigenvalue weighted by atomic mass is 16.2. The molecule has 2 heterocycles. The number of carbonyl (C=O) groups excluding carboxylic acids is 1. The molecule has 4 nitrogen and oxygen atoms in total. The maximum atomic E-state index is 12.7. The lowest BCUT2D eigenvalue weighted by Crippen LogP contribution is -2.24. The summed E-state index contributed by atoms with van der Waals surface area (Å²) in [4.78, 5) is 16.9. The predicted octanol–water partition coefficient (Wildman–Crippen LogP) is 5.12. The summed E-state index contributed by atoms with van der Waals surface area (Å²) >= 11 is 0.